The van der Waals surface area contributed by atoms with Gasteiger partial charge in [-0.05, 0) is 18.6 Å². The molecule has 0 unspecified atom stereocenters. The van der Waals surface area contributed by atoms with Gasteiger partial charge in [-0.1, -0.05) is 6.92 Å². The molecule has 2 heterocycles. The number of hydrogen-bond donors (Lipinski definition) is 0. The van der Waals surface area contributed by atoms with Crippen LogP contribution in [-0.4, -0.2) is 44.7 Å². The van der Waals surface area contributed by atoms with Crippen molar-refractivity contribution in [2.24, 2.45) is 0 Å². The number of carbonyl (C=O) groups excluding carboxylic acids is 1. The van der Waals surface area contributed by atoms with Gasteiger partial charge in [0.25, 0.3) is 5.91 Å². The van der Waals surface area contributed by atoms with Gasteiger partial charge in [0.15, 0.2) is 11.5 Å². The molecule has 0 fully saturated rings. The van der Waals surface area contributed by atoms with E-state index >= 15 is 0 Å². The van der Waals surface area contributed by atoms with Gasteiger partial charge in [-0.25, -0.2) is 4.98 Å². The van der Waals surface area contributed by atoms with Crippen LogP contribution in [0.2, 0.25) is 0 Å². The minimum Gasteiger partial charge on any atom is -0.343 e. The maximum Gasteiger partial charge on any atom is 0.273 e. The topological polar surface area (TPSA) is 63.9 Å². The van der Waals surface area contributed by atoms with Crippen molar-refractivity contribution in [2.75, 3.05) is 14.1 Å². The molecule has 6 nitrogen and oxygen atoms in total. The molecule has 2 rings (SSSR count). The molecule has 2 aromatic rings. The third-order valence-corrected chi connectivity index (χ3v) is 2.71. The number of aryl methyl sites for hydroxylation is 1. The molecule has 0 aliphatic heterocycles. The standard InChI is InChI=1S/C13H17N5O/c1-4-5-11-14-8-9-18(11)12-7-6-10(15-16-12)13(19)17(2)3/h6-9H,4-5H2,1-3H3. The summed E-state index contributed by atoms with van der Waals surface area (Å²) in [6, 6.07) is 3.46. The lowest BCUT2D eigenvalue weighted by Crippen LogP contribution is -2.23. The normalized spacial score (nSPS) is 10.5. The lowest BCUT2D eigenvalue weighted by Gasteiger charge is -2.09. The van der Waals surface area contributed by atoms with Gasteiger partial charge in [0.1, 0.15) is 5.82 Å². The number of amides is 1. The highest BCUT2D eigenvalue weighted by Gasteiger charge is 2.11. The summed E-state index contributed by atoms with van der Waals surface area (Å²) in [6.45, 7) is 2.10. The van der Waals surface area contributed by atoms with E-state index in [4.69, 9.17) is 0 Å². The molecule has 0 N–H and O–H groups in total. The molecule has 0 spiro atoms. The van der Waals surface area contributed by atoms with E-state index in [1.807, 2.05) is 10.8 Å². The van der Waals surface area contributed by atoms with E-state index in [0.717, 1.165) is 18.7 Å². The van der Waals surface area contributed by atoms with Gasteiger partial charge in [0.05, 0.1) is 0 Å². The fraction of sp³-hybridized carbons (Fsp3) is 0.385. The minimum absolute atomic E-state index is 0.154. The van der Waals surface area contributed by atoms with Crippen LogP contribution in [0.15, 0.2) is 24.5 Å². The second-order valence-electron chi connectivity index (χ2n) is 4.44. The van der Waals surface area contributed by atoms with E-state index in [1.54, 1.807) is 32.4 Å². The van der Waals surface area contributed by atoms with Gasteiger partial charge >= 0.3 is 0 Å². The molecule has 6 heteroatoms. The maximum absolute atomic E-state index is 11.7. The van der Waals surface area contributed by atoms with Gasteiger partial charge < -0.3 is 4.90 Å². The van der Waals surface area contributed by atoms with Crippen molar-refractivity contribution >= 4 is 5.91 Å². The Labute approximate surface area is 112 Å². The largest absolute Gasteiger partial charge is 0.343 e. The highest BCUT2D eigenvalue weighted by Crippen LogP contribution is 2.09. The average Bonchev–Trinajstić information content (AvgIpc) is 2.87. The molecular weight excluding hydrogens is 242 g/mol. The molecule has 0 radical (unpaired) electrons. The Balaban J connectivity index is 2.27. The van der Waals surface area contributed by atoms with Crippen LogP contribution in [0.5, 0.6) is 0 Å². The van der Waals surface area contributed by atoms with E-state index in [0.29, 0.717) is 11.5 Å². The monoisotopic (exact) mass is 259 g/mol. The second kappa shape index (κ2) is 5.60. The molecule has 0 bridgehead atoms. The van der Waals surface area contributed by atoms with E-state index in [2.05, 4.69) is 22.1 Å². The molecule has 100 valence electrons. The smallest absolute Gasteiger partial charge is 0.273 e. The lowest BCUT2D eigenvalue weighted by atomic mass is 10.3. The summed E-state index contributed by atoms with van der Waals surface area (Å²) >= 11 is 0. The summed E-state index contributed by atoms with van der Waals surface area (Å²) in [6.07, 6.45) is 5.49. The molecule has 19 heavy (non-hydrogen) atoms. The first-order chi connectivity index (χ1) is 9.13. The predicted octanol–water partition coefficient (Wildman–Crippen LogP) is 1.32. The summed E-state index contributed by atoms with van der Waals surface area (Å²) in [5.41, 5.74) is 0.339. The molecular formula is C13H17N5O. The summed E-state index contributed by atoms with van der Waals surface area (Å²) in [7, 11) is 3.38. The third-order valence-electron chi connectivity index (χ3n) is 2.71. The number of aromatic nitrogens is 4. The Morgan fingerprint density at radius 2 is 2.11 bits per heavy atom. The molecule has 1 amide bonds. The highest BCUT2D eigenvalue weighted by molar-refractivity contribution is 5.91. The van der Waals surface area contributed by atoms with Crippen molar-refractivity contribution in [3.05, 3.63) is 36.0 Å². The number of nitrogens with zero attached hydrogens (tertiary/aromatic N) is 5. The number of imidazole rings is 1. The molecule has 0 aliphatic rings. The van der Waals surface area contributed by atoms with Crippen LogP contribution in [0.4, 0.5) is 0 Å². The van der Waals surface area contributed by atoms with Crippen molar-refractivity contribution in [1.82, 2.24) is 24.6 Å². The Kier molecular flexibility index (Phi) is 3.89. The van der Waals surface area contributed by atoms with Gasteiger partial charge in [-0.15, -0.1) is 10.2 Å². The van der Waals surface area contributed by atoms with Gasteiger partial charge in [-0.3, -0.25) is 9.36 Å². The number of rotatable bonds is 4. The molecule has 0 aromatic carbocycles. The van der Waals surface area contributed by atoms with E-state index < -0.39 is 0 Å². The molecule has 0 aliphatic carbocycles. The highest BCUT2D eigenvalue weighted by atomic mass is 16.2. The number of carbonyl (C=O) groups is 1. The Bertz CT molecular complexity index is 559. The third kappa shape index (κ3) is 2.78. The van der Waals surface area contributed by atoms with Crippen LogP contribution in [0.1, 0.15) is 29.7 Å². The van der Waals surface area contributed by atoms with Crippen LogP contribution < -0.4 is 0 Å². The van der Waals surface area contributed by atoms with Crippen LogP contribution in [0.25, 0.3) is 5.82 Å². The fourth-order valence-corrected chi connectivity index (χ4v) is 1.75. The molecule has 0 atom stereocenters. The Hall–Kier alpha value is -2.24. The zero-order chi connectivity index (χ0) is 13.8. The zero-order valence-electron chi connectivity index (χ0n) is 11.4. The zero-order valence-corrected chi connectivity index (χ0v) is 11.4. The number of hydrogen-bond acceptors (Lipinski definition) is 4. The van der Waals surface area contributed by atoms with Crippen molar-refractivity contribution in [1.29, 1.82) is 0 Å². The van der Waals surface area contributed by atoms with Gasteiger partial charge in [-0.2, -0.15) is 0 Å². The Morgan fingerprint density at radius 1 is 1.32 bits per heavy atom. The summed E-state index contributed by atoms with van der Waals surface area (Å²) < 4.78 is 1.89. The maximum atomic E-state index is 11.7. The summed E-state index contributed by atoms with van der Waals surface area (Å²) in [5, 5.41) is 8.06. The van der Waals surface area contributed by atoms with E-state index in [1.165, 1.54) is 4.90 Å². The Morgan fingerprint density at radius 3 is 2.68 bits per heavy atom. The van der Waals surface area contributed by atoms with Crippen molar-refractivity contribution in [3.63, 3.8) is 0 Å². The van der Waals surface area contributed by atoms with Crippen LogP contribution >= 0.6 is 0 Å². The molecule has 0 saturated heterocycles. The molecule has 2 aromatic heterocycles. The SMILES string of the molecule is CCCc1nccn1-c1ccc(C(=O)N(C)C)nn1. The van der Waals surface area contributed by atoms with Crippen LogP contribution in [0, 0.1) is 0 Å². The van der Waals surface area contributed by atoms with Crippen molar-refractivity contribution in [3.8, 4) is 5.82 Å². The quantitative estimate of drug-likeness (QED) is 0.830. The van der Waals surface area contributed by atoms with E-state index in [9.17, 15) is 4.79 Å². The fourth-order valence-electron chi connectivity index (χ4n) is 1.75. The minimum atomic E-state index is -0.154. The first-order valence-electron chi connectivity index (χ1n) is 6.21. The van der Waals surface area contributed by atoms with Crippen LogP contribution in [0.3, 0.4) is 0 Å². The van der Waals surface area contributed by atoms with Crippen molar-refractivity contribution < 1.29 is 4.79 Å². The lowest BCUT2D eigenvalue weighted by molar-refractivity contribution is 0.0821. The molecule has 0 saturated carbocycles. The first-order valence-corrected chi connectivity index (χ1v) is 6.21. The van der Waals surface area contributed by atoms with E-state index in [-0.39, 0.29) is 5.91 Å². The van der Waals surface area contributed by atoms with Gasteiger partial charge in [0.2, 0.25) is 0 Å². The van der Waals surface area contributed by atoms with Crippen LogP contribution in [-0.2, 0) is 6.42 Å². The van der Waals surface area contributed by atoms with Gasteiger partial charge in [0, 0.05) is 32.9 Å². The second-order valence-corrected chi connectivity index (χ2v) is 4.44. The average molecular weight is 259 g/mol. The van der Waals surface area contributed by atoms with Crippen molar-refractivity contribution in [2.45, 2.75) is 19.8 Å². The predicted molar refractivity (Wildman–Crippen MR) is 71.2 cm³/mol. The summed E-state index contributed by atoms with van der Waals surface area (Å²) in [4.78, 5) is 17.5. The summed E-state index contributed by atoms with van der Waals surface area (Å²) in [5.74, 6) is 1.47. The first kappa shape index (κ1) is 13.2.